The molecule has 126 valence electrons. The van der Waals surface area contributed by atoms with E-state index in [2.05, 4.69) is 6.58 Å². The van der Waals surface area contributed by atoms with Gasteiger partial charge in [0, 0.05) is 35.0 Å². The molecule has 0 unspecified atom stereocenters. The fourth-order valence-corrected chi connectivity index (χ4v) is 3.17. The van der Waals surface area contributed by atoms with Crippen LogP contribution in [-0.4, -0.2) is 23.4 Å². The maximum Gasteiger partial charge on any atom is 0.0701 e. The summed E-state index contributed by atoms with van der Waals surface area (Å²) in [6, 6.07) is 8.67. The van der Waals surface area contributed by atoms with E-state index in [0.29, 0.717) is 29.9 Å². The van der Waals surface area contributed by atoms with Crippen molar-refractivity contribution in [1.29, 1.82) is 0 Å². The van der Waals surface area contributed by atoms with Crippen LogP contribution in [0.3, 0.4) is 0 Å². The number of nitrogens with zero attached hydrogens (tertiary/aromatic N) is 1. The molecule has 0 saturated heterocycles. The van der Waals surface area contributed by atoms with Gasteiger partial charge in [0.2, 0.25) is 0 Å². The maximum atomic E-state index is 11.8. The van der Waals surface area contributed by atoms with Gasteiger partial charge in [0.25, 0.3) is 0 Å². The number of carboxylic acids is 2. The van der Waals surface area contributed by atoms with Crippen molar-refractivity contribution in [2.24, 2.45) is 0 Å². The summed E-state index contributed by atoms with van der Waals surface area (Å²) in [5, 5.41) is 23.6. The molecule has 0 spiro atoms. The number of rotatable bonds is 6. The zero-order valence-electron chi connectivity index (χ0n) is 13.7. The first kappa shape index (κ1) is 17.5. The van der Waals surface area contributed by atoms with Crippen molar-refractivity contribution in [3.05, 3.63) is 71.1 Å². The van der Waals surface area contributed by atoms with E-state index in [1.54, 1.807) is 55.2 Å². The molecule has 0 atom stereocenters. The normalized spacial score (nSPS) is 15.7. The first-order valence-electron chi connectivity index (χ1n) is 7.67. The topological polar surface area (TPSA) is 83.5 Å². The quantitative estimate of drug-likeness (QED) is 0.719. The first-order chi connectivity index (χ1) is 11.4. The average molecular weight is 325 g/mol. The monoisotopic (exact) mass is 325 g/mol. The highest BCUT2D eigenvalue weighted by Crippen LogP contribution is 2.41. The van der Waals surface area contributed by atoms with Gasteiger partial charge in [0.05, 0.1) is 11.9 Å². The lowest BCUT2D eigenvalue weighted by Crippen LogP contribution is -2.41. The highest BCUT2D eigenvalue weighted by Gasteiger charge is 2.33. The van der Waals surface area contributed by atoms with E-state index in [1.807, 2.05) is 0 Å². The summed E-state index contributed by atoms with van der Waals surface area (Å²) in [4.78, 5) is 25.3. The number of aliphatic carboxylic acids is 2. The van der Waals surface area contributed by atoms with Crippen molar-refractivity contribution >= 4 is 11.9 Å². The Bertz CT molecular complexity index is 693. The minimum atomic E-state index is -1.38. The van der Waals surface area contributed by atoms with E-state index < -0.39 is 17.9 Å². The number of carbonyl (C=O) groups excluding carboxylic acids is 2. The lowest BCUT2D eigenvalue weighted by molar-refractivity contribution is -0.300. The minimum Gasteiger partial charge on any atom is -0.545 e. The molecule has 0 fully saturated rings. The Hall–Kier alpha value is -2.82. The molecule has 2 rings (SSSR count). The van der Waals surface area contributed by atoms with Gasteiger partial charge >= 0.3 is 0 Å². The predicted molar refractivity (Wildman–Crippen MR) is 86.1 cm³/mol. The van der Waals surface area contributed by atoms with E-state index >= 15 is 0 Å². The molecule has 0 aromatic heterocycles. The van der Waals surface area contributed by atoms with Crippen molar-refractivity contribution in [3.8, 4) is 0 Å². The lowest BCUT2D eigenvalue weighted by atomic mass is 9.80. The third kappa shape index (κ3) is 3.11. The molecule has 0 bridgehead atoms. The summed E-state index contributed by atoms with van der Waals surface area (Å²) in [5.74, 6) is -3.67. The number of allylic oxidation sites excluding steroid dienone is 2. The molecule has 1 aliphatic rings. The van der Waals surface area contributed by atoms with Crippen LogP contribution in [0.4, 0.5) is 0 Å². The second-order valence-electron chi connectivity index (χ2n) is 5.65. The Kier molecular flexibility index (Phi) is 5.24. The third-order valence-corrected chi connectivity index (χ3v) is 4.30. The van der Waals surface area contributed by atoms with Gasteiger partial charge in [-0.15, -0.1) is 6.58 Å². The van der Waals surface area contributed by atoms with Crippen LogP contribution in [0.2, 0.25) is 0 Å². The van der Waals surface area contributed by atoms with Gasteiger partial charge in [0.15, 0.2) is 0 Å². The first-order valence-corrected chi connectivity index (χ1v) is 7.67. The van der Waals surface area contributed by atoms with Crippen molar-refractivity contribution in [2.75, 3.05) is 6.54 Å². The van der Waals surface area contributed by atoms with Crippen molar-refractivity contribution in [3.63, 3.8) is 0 Å². The fraction of sp³-hybridized carbons (Fsp3) is 0.263. The van der Waals surface area contributed by atoms with Crippen molar-refractivity contribution < 1.29 is 19.8 Å². The summed E-state index contributed by atoms with van der Waals surface area (Å²) in [6.45, 7) is 7.42. The molecule has 0 amide bonds. The van der Waals surface area contributed by atoms with Gasteiger partial charge in [-0.05, 0) is 25.8 Å². The summed E-state index contributed by atoms with van der Waals surface area (Å²) < 4.78 is 0. The molecule has 0 saturated carbocycles. The number of hydrogen-bond acceptors (Lipinski definition) is 5. The van der Waals surface area contributed by atoms with Gasteiger partial charge in [-0.25, -0.2) is 0 Å². The molecule has 0 radical (unpaired) electrons. The second kappa shape index (κ2) is 7.17. The Morgan fingerprint density at radius 2 is 1.58 bits per heavy atom. The fourth-order valence-electron chi connectivity index (χ4n) is 3.17. The van der Waals surface area contributed by atoms with E-state index in [1.165, 1.54) is 0 Å². The maximum absolute atomic E-state index is 11.8. The molecule has 0 aliphatic carbocycles. The van der Waals surface area contributed by atoms with Crippen LogP contribution < -0.4 is 10.2 Å². The van der Waals surface area contributed by atoms with Crippen molar-refractivity contribution in [2.45, 2.75) is 26.2 Å². The number of carbonyl (C=O) groups is 2. The molecule has 1 aliphatic heterocycles. The minimum absolute atomic E-state index is 0.0462. The van der Waals surface area contributed by atoms with Crippen LogP contribution in [-0.2, 0) is 9.59 Å². The van der Waals surface area contributed by atoms with Gasteiger partial charge in [0.1, 0.15) is 0 Å². The number of hydrogen-bond donors (Lipinski definition) is 0. The van der Waals surface area contributed by atoms with E-state index in [9.17, 15) is 19.8 Å². The van der Waals surface area contributed by atoms with Crippen LogP contribution in [0.5, 0.6) is 0 Å². The standard InChI is InChI=1S/C19H21NO4/c1-4-5-11-20-12(2)15(18(21)22)17(14-9-7-6-8-10-14)16(13(20)3)19(23)24/h4,6-10,17H,1,5,11H2,2-3H3,(H,21,22)(H,23,24)/p-2. The predicted octanol–water partition coefficient (Wildman–Crippen LogP) is 0.710. The number of benzene rings is 1. The molecular weight excluding hydrogens is 306 g/mol. The van der Waals surface area contributed by atoms with Gasteiger partial charge in [-0.2, -0.15) is 0 Å². The second-order valence-corrected chi connectivity index (χ2v) is 5.65. The lowest BCUT2D eigenvalue weighted by Gasteiger charge is -2.40. The van der Waals surface area contributed by atoms with Crippen LogP contribution in [0, 0.1) is 0 Å². The Balaban J connectivity index is 2.70. The van der Waals surface area contributed by atoms with E-state index in [0.717, 1.165) is 0 Å². The van der Waals surface area contributed by atoms with Gasteiger partial charge in [-0.1, -0.05) is 36.4 Å². The van der Waals surface area contributed by atoms with Crippen LogP contribution in [0.15, 0.2) is 65.5 Å². The molecule has 1 aromatic rings. The summed E-state index contributed by atoms with van der Waals surface area (Å²) in [7, 11) is 0. The van der Waals surface area contributed by atoms with Crippen LogP contribution in [0.25, 0.3) is 0 Å². The summed E-state index contributed by atoms with van der Waals surface area (Å²) >= 11 is 0. The zero-order chi connectivity index (χ0) is 17.9. The van der Waals surface area contributed by atoms with E-state index in [-0.39, 0.29) is 11.1 Å². The van der Waals surface area contributed by atoms with Crippen molar-refractivity contribution in [1.82, 2.24) is 4.90 Å². The largest absolute Gasteiger partial charge is 0.545 e. The molecule has 1 aromatic carbocycles. The highest BCUT2D eigenvalue weighted by molar-refractivity contribution is 5.96. The van der Waals surface area contributed by atoms with Crippen LogP contribution in [0.1, 0.15) is 31.7 Å². The average Bonchev–Trinajstić information content (AvgIpc) is 2.54. The Morgan fingerprint density at radius 1 is 1.08 bits per heavy atom. The van der Waals surface area contributed by atoms with Gasteiger partial charge in [-0.3, -0.25) is 0 Å². The molecule has 0 N–H and O–H groups in total. The Morgan fingerprint density at radius 3 is 2.00 bits per heavy atom. The SMILES string of the molecule is C=CCCN1C(C)=C(C(=O)[O-])C(c2ccccc2)C(C(=O)[O-])=C1C. The zero-order valence-corrected chi connectivity index (χ0v) is 13.7. The molecule has 5 nitrogen and oxygen atoms in total. The Labute approximate surface area is 141 Å². The molecule has 5 heteroatoms. The molecule has 1 heterocycles. The van der Waals surface area contributed by atoms with E-state index in [4.69, 9.17) is 0 Å². The van der Waals surface area contributed by atoms with Crippen LogP contribution >= 0.6 is 0 Å². The summed E-state index contributed by atoms with van der Waals surface area (Å²) in [5.41, 5.74) is 1.45. The number of carboxylic acid groups (broad SMARTS) is 2. The van der Waals surface area contributed by atoms with Gasteiger partial charge < -0.3 is 24.7 Å². The molecular formula is C19H19NO4-2. The third-order valence-electron chi connectivity index (χ3n) is 4.30. The smallest absolute Gasteiger partial charge is 0.0701 e. The molecule has 24 heavy (non-hydrogen) atoms. The highest BCUT2D eigenvalue weighted by atomic mass is 16.4. The summed E-state index contributed by atoms with van der Waals surface area (Å²) in [6.07, 6.45) is 2.28.